The van der Waals surface area contributed by atoms with Crippen LogP contribution in [0.5, 0.6) is 0 Å². The second kappa shape index (κ2) is 7.93. The van der Waals surface area contributed by atoms with Crippen LogP contribution in [0.15, 0.2) is 60.7 Å². The Balaban J connectivity index is 1.78. The third-order valence-corrected chi connectivity index (χ3v) is 3.68. The molecule has 0 aromatic heterocycles. The Morgan fingerprint density at radius 3 is 1.95 bits per heavy atom. The highest BCUT2D eigenvalue weighted by atomic mass is 16.3. The Bertz CT molecular complexity index is 515. The maximum atomic E-state index is 10.2. The van der Waals surface area contributed by atoms with Crippen LogP contribution in [0.1, 0.15) is 36.7 Å². The number of benzene rings is 2. The summed E-state index contributed by atoms with van der Waals surface area (Å²) >= 11 is 0. The van der Waals surface area contributed by atoms with Crippen molar-refractivity contribution < 1.29 is 10.2 Å². The van der Waals surface area contributed by atoms with Gasteiger partial charge in [-0.15, -0.1) is 0 Å². The fourth-order valence-electron chi connectivity index (χ4n) is 2.34. The van der Waals surface area contributed by atoms with E-state index in [-0.39, 0.29) is 6.04 Å². The van der Waals surface area contributed by atoms with Gasteiger partial charge in [0.2, 0.25) is 0 Å². The zero-order chi connectivity index (χ0) is 15.1. The van der Waals surface area contributed by atoms with Crippen molar-refractivity contribution in [1.29, 1.82) is 0 Å². The molecule has 3 atom stereocenters. The monoisotopic (exact) mass is 285 g/mol. The first-order chi connectivity index (χ1) is 10.2. The van der Waals surface area contributed by atoms with Crippen molar-refractivity contribution in [3.05, 3.63) is 71.8 Å². The smallest absolute Gasteiger partial charge is 0.0940 e. The SMILES string of the molecule is CC(NCCC(O)c1ccccc1)C(O)c1ccccc1. The topological polar surface area (TPSA) is 52.5 Å². The molecule has 2 aromatic rings. The average Bonchev–Trinajstić information content (AvgIpc) is 2.55. The van der Waals surface area contributed by atoms with Gasteiger partial charge in [0.25, 0.3) is 0 Å². The lowest BCUT2D eigenvalue weighted by atomic mass is 10.0. The number of aliphatic hydroxyl groups excluding tert-OH is 2. The largest absolute Gasteiger partial charge is 0.388 e. The Labute approximate surface area is 126 Å². The first-order valence-corrected chi connectivity index (χ1v) is 7.38. The van der Waals surface area contributed by atoms with Gasteiger partial charge in [0.05, 0.1) is 12.2 Å². The van der Waals surface area contributed by atoms with Crippen molar-refractivity contribution in [3.63, 3.8) is 0 Å². The molecule has 3 heteroatoms. The van der Waals surface area contributed by atoms with Crippen molar-refractivity contribution in [1.82, 2.24) is 5.32 Å². The number of rotatable bonds is 7. The molecule has 21 heavy (non-hydrogen) atoms. The highest BCUT2D eigenvalue weighted by Gasteiger charge is 2.16. The molecule has 3 nitrogen and oxygen atoms in total. The number of nitrogens with one attached hydrogen (secondary N) is 1. The van der Waals surface area contributed by atoms with Crippen LogP contribution in [-0.4, -0.2) is 22.8 Å². The van der Waals surface area contributed by atoms with E-state index in [9.17, 15) is 10.2 Å². The van der Waals surface area contributed by atoms with Crippen molar-refractivity contribution >= 4 is 0 Å². The maximum Gasteiger partial charge on any atom is 0.0940 e. The minimum absolute atomic E-state index is 0.0598. The Morgan fingerprint density at radius 1 is 0.857 bits per heavy atom. The van der Waals surface area contributed by atoms with E-state index in [1.54, 1.807) is 0 Å². The normalized spacial score (nSPS) is 15.4. The van der Waals surface area contributed by atoms with E-state index < -0.39 is 12.2 Å². The van der Waals surface area contributed by atoms with Crippen LogP contribution in [0, 0.1) is 0 Å². The summed E-state index contributed by atoms with van der Waals surface area (Å²) in [5.74, 6) is 0. The molecule has 0 aliphatic heterocycles. The van der Waals surface area contributed by atoms with E-state index >= 15 is 0 Å². The van der Waals surface area contributed by atoms with Crippen LogP contribution in [0.4, 0.5) is 0 Å². The summed E-state index contributed by atoms with van der Waals surface area (Å²) < 4.78 is 0. The van der Waals surface area contributed by atoms with Gasteiger partial charge in [0.15, 0.2) is 0 Å². The summed E-state index contributed by atoms with van der Waals surface area (Å²) in [5.41, 5.74) is 1.83. The Morgan fingerprint density at radius 2 is 1.38 bits per heavy atom. The minimum Gasteiger partial charge on any atom is -0.388 e. The fraction of sp³-hybridized carbons (Fsp3) is 0.333. The van der Waals surface area contributed by atoms with Gasteiger partial charge in [-0.25, -0.2) is 0 Å². The van der Waals surface area contributed by atoms with Crippen LogP contribution < -0.4 is 5.32 Å². The Kier molecular flexibility index (Phi) is 5.93. The molecule has 0 saturated heterocycles. The lowest BCUT2D eigenvalue weighted by molar-refractivity contribution is 0.127. The van der Waals surface area contributed by atoms with E-state index in [1.165, 1.54) is 0 Å². The number of hydrogen-bond donors (Lipinski definition) is 3. The average molecular weight is 285 g/mol. The highest BCUT2D eigenvalue weighted by Crippen LogP contribution is 2.18. The van der Waals surface area contributed by atoms with Gasteiger partial charge in [0, 0.05) is 6.04 Å². The summed E-state index contributed by atoms with van der Waals surface area (Å²) in [5, 5.41) is 23.6. The lowest BCUT2D eigenvalue weighted by Gasteiger charge is -2.21. The molecule has 3 N–H and O–H groups in total. The van der Waals surface area contributed by atoms with Crippen LogP contribution >= 0.6 is 0 Å². The molecule has 0 aliphatic carbocycles. The molecule has 2 aromatic carbocycles. The molecule has 0 bridgehead atoms. The van der Waals surface area contributed by atoms with E-state index in [2.05, 4.69) is 5.32 Å². The van der Waals surface area contributed by atoms with Crippen LogP contribution in [0.3, 0.4) is 0 Å². The summed E-state index contributed by atoms with van der Waals surface area (Å²) in [7, 11) is 0. The third-order valence-electron chi connectivity index (χ3n) is 3.68. The second-order valence-electron chi connectivity index (χ2n) is 5.31. The molecule has 0 radical (unpaired) electrons. The predicted molar refractivity (Wildman–Crippen MR) is 84.9 cm³/mol. The van der Waals surface area contributed by atoms with Gasteiger partial charge in [0.1, 0.15) is 0 Å². The van der Waals surface area contributed by atoms with Gasteiger partial charge in [-0.1, -0.05) is 60.7 Å². The van der Waals surface area contributed by atoms with E-state index in [0.717, 1.165) is 11.1 Å². The van der Waals surface area contributed by atoms with Gasteiger partial charge in [-0.05, 0) is 31.0 Å². The van der Waals surface area contributed by atoms with Gasteiger partial charge < -0.3 is 15.5 Å². The van der Waals surface area contributed by atoms with Crippen LogP contribution in [-0.2, 0) is 0 Å². The van der Waals surface area contributed by atoms with Crippen molar-refractivity contribution in [2.75, 3.05) is 6.54 Å². The minimum atomic E-state index is -0.542. The third kappa shape index (κ3) is 4.67. The molecule has 0 saturated carbocycles. The number of hydrogen-bond acceptors (Lipinski definition) is 3. The van der Waals surface area contributed by atoms with Crippen LogP contribution in [0.2, 0.25) is 0 Å². The van der Waals surface area contributed by atoms with Gasteiger partial charge in [-0.2, -0.15) is 0 Å². The molecule has 0 amide bonds. The molecule has 112 valence electrons. The molecular weight excluding hydrogens is 262 g/mol. The molecule has 0 heterocycles. The van der Waals surface area contributed by atoms with Crippen molar-refractivity contribution in [2.24, 2.45) is 0 Å². The van der Waals surface area contributed by atoms with Crippen molar-refractivity contribution in [2.45, 2.75) is 31.6 Å². The van der Waals surface area contributed by atoms with Crippen molar-refractivity contribution in [3.8, 4) is 0 Å². The fourth-order valence-corrected chi connectivity index (χ4v) is 2.34. The first kappa shape index (κ1) is 15.7. The van der Waals surface area contributed by atoms with E-state index in [1.807, 2.05) is 67.6 Å². The molecule has 0 fully saturated rings. The summed E-state index contributed by atoms with van der Waals surface area (Å²) in [4.78, 5) is 0. The Hall–Kier alpha value is -1.68. The lowest BCUT2D eigenvalue weighted by Crippen LogP contribution is -2.33. The first-order valence-electron chi connectivity index (χ1n) is 7.38. The summed E-state index contributed by atoms with van der Waals surface area (Å²) in [6.45, 7) is 2.60. The predicted octanol–water partition coefficient (Wildman–Crippen LogP) is 2.82. The molecule has 0 aliphatic rings. The maximum absolute atomic E-state index is 10.2. The van der Waals surface area contributed by atoms with E-state index in [0.29, 0.717) is 13.0 Å². The van der Waals surface area contributed by atoms with Gasteiger partial charge in [-0.3, -0.25) is 0 Å². The van der Waals surface area contributed by atoms with Gasteiger partial charge >= 0.3 is 0 Å². The zero-order valence-corrected chi connectivity index (χ0v) is 12.3. The second-order valence-corrected chi connectivity index (χ2v) is 5.31. The van der Waals surface area contributed by atoms with Crippen LogP contribution in [0.25, 0.3) is 0 Å². The molecule has 2 rings (SSSR count). The summed E-state index contributed by atoms with van der Waals surface area (Å²) in [6.07, 6.45) is -0.393. The molecule has 3 unspecified atom stereocenters. The van der Waals surface area contributed by atoms with E-state index in [4.69, 9.17) is 0 Å². The molecule has 0 spiro atoms. The quantitative estimate of drug-likeness (QED) is 0.733. The highest BCUT2D eigenvalue weighted by molar-refractivity contribution is 5.19. The summed E-state index contributed by atoms with van der Waals surface area (Å²) in [6, 6.07) is 19.2. The zero-order valence-electron chi connectivity index (χ0n) is 12.3. The standard InChI is InChI=1S/C18H23NO2/c1-14(18(21)16-10-6-3-7-11-16)19-13-12-17(20)15-8-4-2-5-9-15/h2-11,14,17-21H,12-13H2,1H3. The number of aliphatic hydroxyl groups is 2. The molecular formula is C18H23NO2.